The molecule has 0 spiro atoms. The van der Waals surface area contributed by atoms with E-state index >= 15 is 0 Å². The molecule has 23 heavy (non-hydrogen) atoms. The summed E-state index contributed by atoms with van der Waals surface area (Å²) in [7, 11) is 0. The molecule has 0 radical (unpaired) electrons. The number of nitrogens with zero attached hydrogens (tertiary/aromatic N) is 2. The minimum Gasteiger partial charge on any atom is -0.339 e. The third-order valence-corrected chi connectivity index (χ3v) is 5.16. The van der Waals surface area contributed by atoms with Crippen molar-refractivity contribution < 1.29 is 9.59 Å². The van der Waals surface area contributed by atoms with Crippen LogP contribution in [0, 0.1) is 0 Å². The summed E-state index contributed by atoms with van der Waals surface area (Å²) in [5, 5.41) is 0.677. The van der Waals surface area contributed by atoms with Gasteiger partial charge in [-0.05, 0) is 37.0 Å². The van der Waals surface area contributed by atoms with Gasteiger partial charge in [0.2, 0.25) is 11.8 Å². The van der Waals surface area contributed by atoms with E-state index in [1.165, 1.54) is 0 Å². The van der Waals surface area contributed by atoms with Gasteiger partial charge in [-0.15, -0.1) is 0 Å². The average Bonchev–Trinajstić information content (AvgIpc) is 3.36. The van der Waals surface area contributed by atoms with Gasteiger partial charge in [-0.3, -0.25) is 9.59 Å². The summed E-state index contributed by atoms with van der Waals surface area (Å²) in [5.74, 6) is 0.401. The molecular weight excluding hydrogens is 312 g/mol. The van der Waals surface area contributed by atoms with Crippen LogP contribution in [0.2, 0.25) is 5.02 Å². The minimum atomic E-state index is -0.375. The second-order valence-corrected chi connectivity index (χ2v) is 6.95. The van der Waals surface area contributed by atoms with E-state index in [0.717, 1.165) is 24.8 Å². The third-order valence-electron chi connectivity index (χ3n) is 4.92. The smallest absolute Gasteiger partial charge is 0.233 e. The van der Waals surface area contributed by atoms with Crippen LogP contribution in [0.4, 0.5) is 0 Å². The van der Waals surface area contributed by atoms with Crippen LogP contribution in [0.15, 0.2) is 24.3 Å². The van der Waals surface area contributed by atoms with Crippen molar-refractivity contribution in [2.75, 3.05) is 26.2 Å². The van der Waals surface area contributed by atoms with E-state index in [1.54, 1.807) is 0 Å². The Balaban J connectivity index is 1.65. The van der Waals surface area contributed by atoms with Crippen LogP contribution in [0.3, 0.4) is 0 Å². The Bertz CT molecular complexity index is 605. The summed E-state index contributed by atoms with van der Waals surface area (Å²) in [5.41, 5.74) is 0.653. The number of hydrogen-bond acceptors (Lipinski definition) is 2. The second-order valence-electron chi connectivity index (χ2n) is 6.52. The fourth-order valence-electron chi connectivity index (χ4n) is 3.37. The van der Waals surface area contributed by atoms with Gasteiger partial charge in [0.15, 0.2) is 0 Å². The van der Waals surface area contributed by atoms with Crippen molar-refractivity contribution >= 4 is 23.4 Å². The molecule has 0 atom stereocenters. The molecule has 1 saturated heterocycles. The quantitative estimate of drug-likeness (QED) is 0.849. The SMILES string of the molecule is CCCC(=O)N1CCN(C(=O)C2(c3cccc(Cl)c3)CC2)CC1. The number of halogens is 1. The Hall–Kier alpha value is -1.55. The largest absolute Gasteiger partial charge is 0.339 e. The first-order valence-electron chi connectivity index (χ1n) is 8.40. The Morgan fingerprint density at radius 3 is 2.35 bits per heavy atom. The van der Waals surface area contributed by atoms with Crippen LogP contribution in [0.5, 0.6) is 0 Å². The van der Waals surface area contributed by atoms with Crippen molar-refractivity contribution in [1.29, 1.82) is 0 Å². The van der Waals surface area contributed by atoms with Crippen molar-refractivity contribution in [1.82, 2.24) is 9.80 Å². The first-order chi connectivity index (χ1) is 11.1. The molecule has 1 aliphatic heterocycles. The molecule has 0 bridgehead atoms. The molecule has 2 amide bonds. The maximum absolute atomic E-state index is 13.0. The van der Waals surface area contributed by atoms with Gasteiger partial charge < -0.3 is 9.80 Å². The normalized spacial score (nSPS) is 19.6. The van der Waals surface area contributed by atoms with Gasteiger partial charge in [-0.25, -0.2) is 0 Å². The standard InChI is InChI=1S/C18H23ClN2O2/c1-2-4-16(22)20-9-11-21(12-10-20)17(23)18(7-8-18)14-5-3-6-15(19)13-14/h3,5-6,13H,2,4,7-12H2,1H3. The first-order valence-corrected chi connectivity index (χ1v) is 8.78. The molecule has 124 valence electrons. The zero-order valence-corrected chi connectivity index (χ0v) is 14.3. The van der Waals surface area contributed by atoms with E-state index in [2.05, 4.69) is 0 Å². The predicted molar refractivity (Wildman–Crippen MR) is 90.4 cm³/mol. The molecule has 3 rings (SSSR count). The molecule has 2 aliphatic rings. The maximum atomic E-state index is 13.0. The molecule has 2 fully saturated rings. The summed E-state index contributed by atoms with van der Waals surface area (Å²) >= 11 is 6.08. The minimum absolute atomic E-state index is 0.197. The van der Waals surface area contributed by atoms with Gasteiger partial charge in [0.05, 0.1) is 5.41 Å². The monoisotopic (exact) mass is 334 g/mol. The Kier molecular flexibility index (Phi) is 4.62. The van der Waals surface area contributed by atoms with Gasteiger partial charge in [0.25, 0.3) is 0 Å². The van der Waals surface area contributed by atoms with E-state index in [1.807, 2.05) is 41.0 Å². The van der Waals surface area contributed by atoms with Gasteiger partial charge in [-0.1, -0.05) is 30.7 Å². The molecule has 0 N–H and O–H groups in total. The molecule has 0 aromatic heterocycles. The summed E-state index contributed by atoms with van der Waals surface area (Å²) in [6.45, 7) is 4.58. The van der Waals surface area contributed by atoms with Gasteiger partial charge in [-0.2, -0.15) is 0 Å². The highest BCUT2D eigenvalue weighted by molar-refractivity contribution is 6.30. The number of hydrogen-bond donors (Lipinski definition) is 0. The van der Waals surface area contributed by atoms with Crippen molar-refractivity contribution in [3.8, 4) is 0 Å². The molecule has 5 heteroatoms. The molecule has 1 saturated carbocycles. The van der Waals surface area contributed by atoms with E-state index < -0.39 is 0 Å². The van der Waals surface area contributed by atoms with E-state index in [4.69, 9.17) is 11.6 Å². The zero-order valence-electron chi connectivity index (χ0n) is 13.6. The molecule has 0 unspecified atom stereocenters. The number of carbonyl (C=O) groups excluding carboxylic acids is 2. The molecular formula is C18H23ClN2O2. The Morgan fingerprint density at radius 2 is 1.78 bits per heavy atom. The van der Waals surface area contributed by atoms with Gasteiger partial charge >= 0.3 is 0 Å². The molecule has 1 aliphatic carbocycles. The topological polar surface area (TPSA) is 40.6 Å². The highest BCUT2D eigenvalue weighted by Gasteiger charge is 2.53. The number of carbonyl (C=O) groups is 2. The summed E-state index contributed by atoms with van der Waals surface area (Å²) in [6.07, 6.45) is 3.25. The van der Waals surface area contributed by atoms with Gasteiger partial charge in [0, 0.05) is 37.6 Å². The van der Waals surface area contributed by atoms with E-state index in [9.17, 15) is 9.59 Å². The lowest BCUT2D eigenvalue weighted by Crippen LogP contribution is -2.52. The third kappa shape index (κ3) is 3.23. The highest BCUT2D eigenvalue weighted by Crippen LogP contribution is 2.50. The fraction of sp³-hybridized carbons (Fsp3) is 0.556. The van der Waals surface area contributed by atoms with Crippen LogP contribution in [0.25, 0.3) is 0 Å². The van der Waals surface area contributed by atoms with Crippen molar-refractivity contribution in [3.05, 3.63) is 34.9 Å². The first kappa shape index (κ1) is 16.3. The number of amides is 2. The maximum Gasteiger partial charge on any atom is 0.233 e. The van der Waals surface area contributed by atoms with Crippen molar-refractivity contribution in [2.45, 2.75) is 38.0 Å². The zero-order chi connectivity index (χ0) is 16.4. The summed E-state index contributed by atoms with van der Waals surface area (Å²) in [4.78, 5) is 28.7. The summed E-state index contributed by atoms with van der Waals surface area (Å²) < 4.78 is 0. The van der Waals surface area contributed by atoms with Crippen LogP contribution in [-0.2, 0) is 15.0 Å². The van der Waals surface area contributed by atoms with Crippen molar-refractivity contribution in [3.63, 3.8) is 0 Å². The van der Waals surface area contributed by atoms with Gasteiger partial charge in [0.1, 0.15) is 0 Å². The lowest BCUT2D eigenvalue weighted by molar-refractivity contribution is -0.141. The highest BCUT2D eigenvalue weighted by atomic mass is 35.5. The number of rotatable bonds is 4. The molecule has 1 aromatic rings. The molecule has 4 nitrogen and oxygen atoms in total. The van der Waals surface area contributed by atoms with E-state index in [-0.39, 0.29) is 17.2 Å². The van der Waals surface area contributed by atoms with Crippen LogP contribution < -0.4 is 0 Å². The van der Waals surface area contributed by atoms with Crippen LogP contribution >= 0.6 is 11.6 Å². The Labute approximate surface area is 142 Å². The lowest BCUT2D eigenvalue weighted by Gasteiger charge is -2.36. The molecule has 1 aromatic carbocycles. The molecule has 1 heterocycles. The summed E-state index contributed by atoms with van der Waals surface area (Å²) in [6, 6.07) is 7.65. The second kappa shape index (κ2) is 6.52. The lowest BCUT2D eigenvalue weighted by atomic mass is 9.94. The predicted octanol–water partition coefficient (Wildman–Crippen LogP) is 2.84. The van der Waals surface area contributed by atoms with Crippen LogP contribution in [-0.4, -0.2) is 47.8 Å². The average molecular weight is 335 g/mol. The van der Waals surface area contributed by atoms with Crippen molar-refractivity contribution in [2.24, 2.45) is 0 Å². The number of benzene rings is 1. The number of piperazine rings is 1. The van der Waals surface area contributed by atoms with Crippen LogP contribution in [0.1, 0.15) is 38.2 Å². The van der Waals surface area contributed by atoms with E-state index in [0.29, 0.717) is 37.6 Å². The fourth-order valence-corrected chi connectivity index (χ4v) is 3.56. The Morgan fingerprint density at radius 1 is 1.13 bits per heavy atom.